The summed E-state index contributed by atoms with van der Waals surface area (Å²) in [6.07, 6.45) is 2.52. The molecule has 150 valence electrons. The summed E-state index contributed by atoms with van der Waals surface area (Å²) in [5.41, 5.74) is 0. The van der Waals surface area contributed by atoms with Crippen molar-refractivity contribution in [2.24, 2.45) is 12.0 Å². The lowest BCUT2D eigenvalue weighted by Gasteiger charge is -2.25. The number of hydrogen-bond acceptors (Lipinski definition) is 5. The van der Waals surface area contributed by atoms with Gasteiger partial charge in [0.2, 0.25) is 0 Å². The van der Waals surface area contributed by atoms with Crippen molar-refractivity contribution >= 4 is 29.9 Å². The van der Waals surface area contributed by atoms with Gasteiger partial charge < -0.3 is 19.9 Å². The van der Waals surface area contributed by atoms with E-state index in [9.17, 15) is 0 Å². The molecule has 1 aromatic heterocycles. The number of rotatable bonds is 8. The van der Waals surface area contributed by atoms with Gasteiger partial charge in [0.15, 0.2) is 11.8 Å². The topological polar surface area (TPSA) is 79.6 Å². The van der Waals surface area contributed by atoms with Crippen molar-refractivity contribution < 1.29 is 4.74 Å². The number of guanidine groups is 1. The van der Waals surface area contributed by atoms with Crippen LogP contribution in [0, 0.1) is 6.92 Å². The number of nitrogens with zero attached hydrogens (tertiary/aromatic N) is 5. The lowest BCUT2D eigenvalue weighted by Crippen LogP contribution is -2.48. The molecule has 0 radical (unpaired) electrons. The molecule has 0 saturated carbocycles. The third kappa shape index (κ3) is 6.66. The summed E-state index contributed by atoms with van der Waals surface area (Å²) >= 11 is 0. The van der Waals surface area contributed by atoms with E-state index in [0.29, 0.717) is 19.2 Å². The predicted octanol–water partition coefficient (Wildman–Crippen LogP) is 1.30. The van der Waals surface area contributed by atoms with Crippen LogP contribution in [0.4, 0.5) is 0 Å². The van der Waals surface area contributed by atoms with Gasteiger partial charge in [0, 0.05) is 32.8 Å². The molecule has 0 bridgehead atoms. The van der Waals surface area contributed by atoms with Gasteiger partial charge in [-0.1, -0.05) is 6.92 Å². The van der Waals surface area contributed by atoms with Crippen molar-refractivity contribution in [2.45, 2.75) is 52.2 Å². The summed E-state index contributed by atoms with van der Waals surface area (Å²) < 4.78 is 7.19. The fourth-order valence-electron chi connectivity index (χ4n) is 3.17. The average molecular weight is 479 g/mol. The van der Waals surface area contributed by atoms with E-state index in [0.717, 1.165) is 30.7 Å². The molecule has 2 N–H and O–H groups in total. The van der Waals surface area contributed by atoms with Gasteiger partial charge in [-0.3, -0.25) is 4.90 Å². The normalized spacial score (nSPS) is 19.3. The summed E-state index contributed by atoms with van der Waals surface area (Å²) in [6.45, 7) is 10.6. The Labute approximate surface area is 174 Å². The van der Waals surface area contributed by atoms with Gasteiger partial charge in [0.1, 0.15) is 12.4 Å². The van der Waals surface area contributed by atoms with E-state index in [1.165, 1.54) is 19.4 Å². The van der Waals surface area contributed by atoms with E-state index < -0.39 is 0 Å². The molecule has 0 aromatic carbocycles. The highest BCUT2D eigenvalue weighted by Gasteiger charge is 2.23. The Balaban J connectivity index is 0.00000338. The fourth-order valence-corrected chi connectivity index (χ4v) is 3.17. The molecule has 1 aromatic rings. The number of nitrogens with one attached hydrogen (secondary N) is 2. The zero-order valence-corrected chi connectivity index (χ0v) is 19.0. The summed E-state index contributed by atoms with van der Waals surface area (Å²) in [4.78, 5) is 7.22. The van der Waals surface area contributed by atoms with E-state index in [1.807, 2.05) is 18.5 Å². The average Bonchev–Trinajstić information content (AvgIpc) is 3.18. The van der Waals surface area contributed by atoms with E-state index in [4.69, 9.17) is 9.73 Å². The zero-order chi connectivity index (χ0) is 18.2. The smallest absolute Gasteiger partial charge is 0.192 e. The van der Waals surface area contributed by atoms with Crippen molar-refractivity contribution in [2.75, 3.05) is 33.4 Å². The Hall–Kier alpha value is -0.940. The van der Waals surface area contributed by atoms with Crippen LogP contribution in [0.25, 0.3) is 0 Å². The Bertz CT molecular complexity index is 563. The van der Waals surface area contributed by atoms with Gasteiger partial charge in [0.25, 0.3) is 0 Å². The van der Waals surface area contributed by atoms with Gasteiger partial charge in [-0.05, 0) is 39.8 Å². The molecule has 9 heteroatoms. The Morgan fingerprint density at radius 3 is 2.81 bits per heavy atom. The van der Waals surface area contributed by atoms with Crippen molar-refractivity contribution in [3.05, 3.63) is 11.6 Å². The van der Waals surface area contributed by atoms with E-state index in [1.54, 1.807) is 7.11 Å². The van der Waals surface area contributed by atoms with Crippen LogP contribution in [-0.4, -0.2) is 71.1 Å². The highest BCUT2D eigenvalue weighted by molar-refractivity contribution is 14.0. The van der Waals surface area contributed by atoms with Crippen LogP contribution in [0.2, 0.25) is 0 Å². The van der Waals surface area contributed by atoms with Crippen LogP contribution in [-0.2, 0) is 18.3 Å². The van der Waals surface area contributed by atoms with Crippen LogP contribution in [0.3, 0.4) is 0 Å². The molecule has 0 aliphatic carbocycles. The standard InChI is InChI=1S/C17H33N7O.HI/c1-6-24-9-7-8-15(24)10-18-17(20-13(2)12-25-5)19-11-16-22-21-14(3)23(16)4;/h13,15H,6-12H2,1-5H3,(H2,18,19,20);1H. The quantitative estimate of drug-likeness (QED) is 0.333. The van der Waals surface area contributed by atoms with Crippen LogP contribution in [0.15, 0.2) is 4.99 Å². The molecule has 8 nitrogen and oxygen atoms in total. The van der Waals surface area contributed by atoms with Crippen molar-refractivity contribution in [1.82, 2.24) is 30.3 Å². The molecule has 1 fully saturated rings. The molecule has 1 aliphatic rings. The van der Waals surface area contributed by atoms with Crippen molar-refractivity contribution in [3.63, 3.8) is 0 Å². The first kappa shape index (κ1) is 23.1. The van der Waals surface area contributed by atoms with Crippen molar-refractivity contribution in [3.8, 4) is 0 Å². The van der Waals surface area contributed by atoms with Crippen LogP contribution >= 0.6 is 24.0 Å². The largest absolute Gasteiger partial charge is 0.383 e. The predicted molar refractivity (Wildman–Crippen MR) is 115 cm³/mol. The molecule has 2 heterocycles. The van der Waals surface area contributed by atoms with Crippen LogP contribution in [0.5, 0.6) is 0 Å². The van der Waals surface area contributed by atoms with Crippen molar-refractivity contribution in [1.29, 1.82) is 0 Å². The van der Waals surface area contributed by atoms with E-state index in [2.05, 4.69) is 39.6 Å². The molecule has 0 amide bonds. The minimum atomic E-state index is 0. The maximum atomic E-state index is 5.22. The first-order valence-electron chi connectivity index (χ1n) is 9.17. The van der Waals surface area contributed by atoms with Crippen LogP contribution in [0.1, 0.15) is 38.3 Å². The second-order valence-corrected chi connectivity index (χ2v) is 6.69. The number of likely N-dealkylation sites (tertiary alicyclic amines) is 1. The van der Waals surface area contributed by atoms with E-state index >= 15 is 0 Å². The second-order valence-electron chi connectivity index (χ2n) is 6.69. The first-order valence-corrected chi connectivity index (χ1v) is 9.17. The van der Waals surface area contributed by atoms with Gasteiger partial charge in [-0.25, -0.2) is 4.99 Å². The van der Waals surface area contributed by atoms with Crippen LogP contribution < -0.4 is 10.6 Å². The number of halogens is 1. The zero-order valence-electron chi connectivity index (χ0n) is 16.7. The summed E-state index contributed by atoms with van der Waals surface area (Å²) in [6, 6.07) is 0.759. The highest BCUT2D eigenvalue weighted by atomic mass is 127. The monoisotopic (exact) mass is 479 g/mol. The Morgan fingerprint density at radius 2 is 2.19 bits per heavy atom. The fraction of sp³-hybridized carbons (Fsp3) is 0.824. The number of aliphatic imine (C=N–C) groups is 1. The molecule has 26 heavy (non-hydrogen) atoms. The number of ether oxygens (including phenoxy) is 1. The summed E-state index contributed by atoms with van der Waals surface area (Å²) in [5, 5.41) is 15.2. The first-order chi connectivity index (χ1) is 12.0. The number of aryl methyl sites for hydroxylation is 1. The van der Waals surface area contributed by atoms with Gasteiger partial charge >= 0.3 is 0 Å². The molecular formula is C17H34IN7O. The SMILES string of the molecule is CCN1CCCC1CNC(=NCc1nnc(C)n1C)NC(C)COC.I. The number of aromatic nitrogens is 3. The Kier molecular flexibility index (Phi) is 10.4. The number of methoxy groups -OCH3 is 1. The lowest BCUT2D eigenvalue weighted by atomic mass is 10.2. The highest BCUT2D eigenvalue weighted by Crippen LogP contribution is 2.15. The van der Waals surface area contributed by atoms with E-state index in [-0.39, 0.29) is 30.0 Å². The minimum Gasteiger partial charge on any atom is -0.383 e. The molecule has 2 atom stereocenters. The maximum absolute atomic E-state index is 5.22. The Morgan fingerprint density at radius 1 is 1.42 bits per heavy atom. The number of likely N-dealkylation sites (N-methyl/N-ethyl adjacent to an activating group) is 1. The second kappa shape index (κ2) is 11.7. The summed E-state index contributed by atoms with van der Waals surface area (Å²) in [5.74, 6) is 2.55. The maximum Gasteiger partial charge on any atom is 0.192 e. The molecule has 0 spiro atoms. The third-order valence-corrected chi connectivity index (χ3v) is 4.77. The molecule has 2 rings (SSSR count). The molecular weight excluding hydrogens is 445 g/mol. The van der Waals surface area contributed by atoms with Gasteiger partial charge in [-0.2, -0.15) is 0 Å². The molecule has 1 aliphatic heterocycles. The molecule has 2 unspecified atom stereocenters. The third-order valence-electron chi connectivity index (χ3n) is 4.77. The van der Waals surface area contributed by atoms with Gasteiger partial charge in [-0.15, -0.1) is 34.2 Å². The summed E-state index contributed by atoms with van der Waals surface area (Å²) in [7, 11) is 3.67. The lowest BCUT2D eigenvalue weighted by molar-refractivity contribution is 0.178. The minimum absolute atomic E-state index is 0. The van der Waals surface area contributed by atoms with Gasteiger partial charge in [0.05, 0.1) is 6.61 Å². The number of hydrogen-bond donors (Lipinski definition) is 2. The molecule has 1 saturated heterocycles.